The molecule has 0 saturated carbocycles. The zero-order chi connectivity index (χ0) is 12.3. The van der Waals surface area contributed by atoms with E-state index in [4.69, 9.17) is 17.3 Å². The fourth-order valence-corrected chi connectivity index (χ4v) is 1.97. The van der Waals surface area contributed by atoms with E-state index in [0.29, 0.717) is 6.54 Å². The molecule has 0 saturated heterocycles. The molecule has 0 spiro atoms. The quantitative estimate of drug-likeness (QED) is 0.899. The summed E-state index contributed by atoms with van der Waals surface area (Å²) >= 11 is 6.10. The van der Waals surface area contributed by atoms with Gasteiger partial charge in [-0.25, -0.2) is 0 Å². The molecule has 2 aromatic rings. The van der Waals surface area contributed by atoms with Crippen LogP contribution < -0.4 is 5.73 Å². The Labute approximate surface area is 105 Å². The maximum absolute atomic E-state index is 6.10. The number of nitrogens with two attached hydrogens (primary N) is 1. The lowest BCUT2D eigenvalue weighted by atomic mass is 10.1. The number of rotatable bonds is 4. The summed E-state index contributed by atoms with van der Waals surface area (Å²) in [6.07, 6.45) is 1.67. The third-order valence-electron chi connectivity index (χ3n) is 2.81. The van der Waals surface area contributed by atoms with Crippen LogP contribution in [0, 0.1) is 0 Å². The maximum atomic E-state index is 6.10. The second kappa shape index (κ2) is 5.29. The minimum Gasteiger partial charge on any atom is -0.324 e. The molecule has 2 N–H and O–H groups in total. The Hall–Kier alpha value is -1.39. The second-order valence-electron chi connectivity index (χ2n) is 3.89. The lowest BCUT2D eigenvalue weighted by molar-refractivity contribution is 0.733. The smallest absolute Gasteiger partial charge is 0.146 e. The number of aromatic nitrogens is 3. The van der Waals surface area contributed by atoms with Gasteiger partial charge in [-0.15, -0.1) is 10.2 Å². The van der Waals surface area contributed by atoms with Crippen LogP contribution in [-0.2, 0) is 26.4 Å². The summed E-state index contributed by atoms with van der Waals surface area (Å²) in [7, 11) is 1.93. The van der Waals surface area contributed by atoms with Crippen molar-refractivity contribution < 1.29 is 0 Å². The number of halogens is 1. The van der Waals surface area contributed by atoms with Gasteiger partial charge in [-0.2, -0.15) is 0 Å². The summed E-state index contributed by atoms with van der Waals surface area (Å²) in [5.41, 5.74) is 6.68. The Morgan fingerprint density at radius 1 is 1.18 bits per heavy atom. The van der Waals surface area contributed by atoms with Crippen molar-refractivity contribution >= 4 is 11.6 Å². The monoisotopic (exact) mass is 250 g/mol. The Morgan fingerprint density at radius 2 is 1.88 bits per heavy atom. The van der Waals surface area contributed by atoms with Crippen molar-refractivity contribution in [2.24, 2.45) is 12.8 Å². The number of aryl methyl sites for hydroxylation is 2. The van der Waals surface area contributed by atoms with Crippen molar-refractivity contribution in [2.45, 2.75) is 19.4 Å². The van der Waals surface area contributed by atoms with E-state index in [9.17, 15) is 0 Å². The topological polar surface area (TPSA) is 56.7 Å². The molecule has 90 valence electrons. The summed E-state index contributed by atoms with van der Waals surface area (Å²) in [6, 6.07) is 7.85. The van der Waals surface area contributed by atoms with Crippen LogP contribution in [0.1, 0.15) is 17.2 Å². The predicted molar refractivity (Wildman–Crippen MR) is 67.8 cm³/mol. The maximum Gasteiger partial charge on any atom is 0.146 e. The molecule has 0 aliphatic rings. The molecule has 1 aromatic carbocycles. The number of nitrogens with zero attached hydrogens (tertiary/aromatic N) is 3. The lowest BCUT2D eigenvalue weighted by Crippen LogP contribution is -2.07. The van der Waals surface area contributed by atoms with Crippen molar-refractivity contribution in [3.63, 3.8) is 0 Å². The van der Waals surface area contributed by atoms with Crippen LogP contribution in [0.15, 0.2) is 24.3 Å². The Bertz CT molecular complexity index is 507. The summed E-state index contributed by atoms with van der Waals surface area (Å²) in [5, 5.41) is 8.94. The molecule has 0 unspecified atom stereocenters. The lowest BCUT2D eigenvalue weighted by Gasteiger charge is -2.04. The fourth-order valence-electron chi connectivity index (χ4n) is 1.74. The molecule has 0 atom stereocenters. The molecule has 0 aliphatic heterocycles. The number of hydrogen-bond acceptors (Lipinski definition) is 3. The van der Waals surface area contributed by atoms with Gasteiger partial charge in [0.1, 0.15) is 11.6 Å². The molecule has 0 amide bonds. The molecule has 5 heteroatoms. The van der Waals surface area contributed by atoms with Crippen LogP contribution >= 0.6 is 11.6 Å². The number of benzene rings is 1. The highest BCUT2D eigenvalue weighted by Gasteiger charge is 2.08. The van der Waals surface area contributed by atoms with E-state index < -0.39 is 0 Å². The third kappa shape index (κ3) is 2.65. The van der Waals surface area contributed by atoms with Gasteiger partial charge in [-0.3, -0.25) is 0 Å². The van der Waals surface area contributed by atoms with Crippen molar-refractivity contribution in [3.8, 4) is 0 Å². The van der Waals surface area contributed by atoms with Crippen LogP contribution in [0.25, 0.3) is 0 Å². The van der Waals surface area contributed by atoms with Gasteiger partial charge in [-0.05, 0) is 18.1 Å². The molecule has 1 heterocycles. The van der Waals surface area contributed by atoms with E-state index in [0.717, 1.165) is 35.1 Å². The second-order valence-corrected chi connectivity index (χ2v) is 4.29. The van der Waals surface area contributed by atoms with Gasteiger partial charge >= 0.3 is 0 Å². The fraction of sp³-hybridized carbons (Fsp3) is 0.333. The molecular formula is C12H15ClN4. The highest BCUT2D eigenvalue weighted by Crippen LogP contribution is 2.16. The normalized spacial score (nSPS) is 10.8. The van der Waals surface area contributed by atoms with Gasteiger partial charge in [0.05, 0.1) is 6.54 Å². The van der Waals surface area contributed by atoms with Crippen LogP contribution in [0.3, 0.4) is 0 Å². The first-order valence-electron chi connectivity index (χ1n) is 5.53. The predicted octanol–water partition coefficient (Wildman–Crippen LogP) is 1.71. The minimum atomic E-state index is 0.412. The number of hydrogen-bond donors (Lipinski definition) is 1. The van der Waals surface area contributed by atoms with Crippen molar-refractivity contribution in [1.82, 2.24) is 14.8 Å². The molecule has 2 rings (SSSR count). The summed E-state index contributed by atoms with van der Waals surface area (Å²) in [4.78, 5) is 0. The van der Waals surface area contributed by atoms with Gasteiger partial charge in [0, 0.05) is 18.5 Å². The van der Waals surface area contributed by atoms with Gasteiger partial charge in [-0.1, -0.05) is 29.8 Å². The highest BCUT2D eigenvalue weighted by atomic mass is 35.5. The average Bonchev–Trinajstić information content (AvgIpc) is 2.69. The van der Waals surface area contributed by atoms with E-state index in [2.05, 4.69) is 10.2 Å². The molecule has 4 nitrogen and oxygen atoms in total. The van der Waals surface area contributed by atoms with Gasteiger partial charge in [0.2, 0.25) is 0 Å². The van der Waals surface area contributed by atoms with E-state index in [1.807, 2.05) is 35.9 Å². The van der Waals surface area contributed by atoms with E-state index in [1.165, 1.54) is 0 Å². The Kier molecular flexibility index (Phi) is 3.76. The largest absolute Gasteiger partial charge is 0.324 e. The van der Waals surface area contributed by atoms with E-state index in [-0.39, 0.29) is 0 Å². The molecule has 1 aromatic heterocycles. The zero-order valence-electron chi connectivity index (χ0n) is 9.73. The van der Waals surface area contributed by atoms with Gasteiger partial charge in [0.25, 0.3) is 0 Å². The van der Waals surface area contributed by atoms with Crippen LogP contribution in [-0.4, -0.2) is 14.8 Å². The third-order valence-corrected chi connectivity index (χ3v) is 3.18. The molecule has 0 bridgehead atoms. The standard InChI is InChI=1S/C12H15ClN4/c1-17-11(15-16-12(17)8-14)7-6-9-4-2-3-5-10(9)13/h2-5H,6-8,14H2,1H3. The first kappa shape index (κ1) is 12.1. The molecule has 0 aliphatic carbocycles. The molecule has 17 heavy (non-hydrogen) atoms. The van der Waals surface area contributed by atoms with Crippen LogP contribution in [0.2, 0.25) is 5.02 Å². The molecular weight excluding hydrogens is 236 g/mol. The Balaban J connectivity index is 2.07. The SMILES string of the molecule is Cn1c(CN)nnc1CCc1ccccc1Cl. The van der Waals surface area contributed by atoms with Gasteiger partial charge < -0.3 is 10.3 Å². The summed E-state index contributed by atoms with van der Waals surface area (Å²) in [5.74, 6) is 1.74. The Morgan fingerprint density at radius 3 is 2.53 bits per heavy atom. The average molecular weight is 251 g/mol. The first-order chi connectivity index (χ1) is 8.22. The molecule has 0 fully saturated rings. The van der Waals surface area contributed by atoms with Crippen molar-refractivity contribution in [3.05, 3.63) is 46.5 Å². The van der Waals surface area contributed by atoms with E-state index in [1.54, 1.807) is 0 Å². The molecule has 0 radical (unpaired) electrons. The van der Waals surface area contributed by atoms with E-state index >= 15 is 0 Å². The summed E-state index contributed by atoms with van der Waals surface area (Å²) < 4.78 is 1.94. The first-order valence-corrected chi connectivity index (χ1v) is 5.90. The minimum absolute atomic E-state index is 0.412. The van der Waals surface area contributed by atoms with Crippen LogP contribution in [0.4, 0.5) is 0 Å². The zero-order valence-corrected chi connectivity index (χ0v) is 10.5. The van der Waals surface area contributed by atoms with Crippen LogP contribution in [0.5, 0.6) is 0 Å². The van der Waals surface area contributed by atoms with Crippen molar-refractivity contribution in [1.29, 1.82) is 0 Å². The highest BCUT2D eigenvalue weighted by molar-refractivity contribution is 6.31. The van der Waals surface area contributed by atoms with Gasteiger partial charge in [0.15, 0.2) is 0 Å². The van der Waals surface area contributed by atoms with Crippen molar-refractivity contribution in [2.75, 3.05) is 0 Å². The summed E-state index contributed by atoms with van der Waals surface area (Å²) in [6.45, 7) is 0.412.